The van der Waals surface area contributed by atoms with E-state index in [-0.39, 0.29) is 11.9 Å². The lowest BCUT2D eigenvalue weighted by Crippen LogP contribution is -2.04. The number of rotatable bonds is 5. The molecule has 0 aliphatic rings. The lowest BCUT2D eigenvalue weighted by Gasteiger charge is -2.03. The number of aliphatic hydroxyl groups excluding tert-OH is 1. The van der Waals surface area contributed by atoms with E-state index in [0.29, 0.717) is 16.9 Å². The van der Waals surface area contributed by atoms with Gasteiger partial charge in [-0.25, -0.2) is 0 Å². The summed E-state index contributed by atoms with van der Waals surface area (Å²) in [6.45, 7) is 2.76. The number of halogens is 1. The summed E-state index contributed by atoms with van der Waals surface area (Å²) < 4.78 is 0. The molecule has 1 heterocycles. The van der Waals surface area contributed by atoms with Gasteiger partial charge in [-0.2, -0.15) is 15.0 Å². The van der Waals surface area contributed by atoms with E-state index in [1.165, 1.54) is 11.8 Å². The van der Waals surface area contributed by atoms with Crippen molar-refractivity contribution in [3.05, 3.63) is 5.28 Å². The second-order valence-corrected chi connectivity index (χ2v) is 3.71. The molecule has 0 radical (unpaired) electrons. The van der Waals surface area contributed by atoms with Crippen molar-refractivity contribution < 1.29 is 5.11 Å². The topological polar surface area (TPSA) is 70.9 Å². The Labute approximate surface area is 91.3 Å². The third-order valence-electron chi connectivity index (χ3n) is 1.24. The third kappa shape index (κ3) is 3.65. The van der Waals surface area contributed by atoms with Gasteiger partial charge in [-0.1, -0.05) is 11.8 Å². The van der Waals surface area contributed by atoms with Crippen LogP contribution in [0.1, 0.15) is 6.92 Å². The first-order valence-corrected chi connectivity index (χ1v) is 5.51. The maximum absolute atomic E-state index is 8.63. The Kier molecular flexibility index (Phi) is 4.92. The Morgan fingerprint density at radius 2 is 2.21 bits per heavy atom. The third-order valence-corrected chi connectivity index (χ3v) is 2.24. The molecule has 5 nitrogen and oxygen atoms in total. The van der Waals surface area contributed by atoms with Crippen molar-refractivity contribution in [1.29, 1.82) is 0 Å². The Morgan fingerprint density at radius 3 is 2.86 bits per heavy atom. The molecule has 0 unspecified atom stereocenters. The van der Waals surface area contributed by atoms with Gasteiger partial charge in [0, 0.05) is 12.3 Å². The average Bonchev–Trinajstić information content (AvgIpc) is 2.14. The van der Waals surface area contributed by atoms with Gasteiger partial charge in [0.15, 0.2) is 5.16 Å². The van der Waals surface area contributed by atoms with E-state index >= 15 is 0 Å². The molecule has 14 heavy (non-hydrogen) atoms. The zero-order valence-electron chi connectivity index (χ0n) is 7.70. The van der Waals surface area contributed by atoms with Gasteiger partial charge in [0.05, 0.1) is 6.61 Å². The minimum absolute atomic E-state index is 0.0878. The minimum Gasteiger partial charge on any atom is -0.396 e. The molecule has 0 aliphatic heterocycles. The van der Waals surface area contributed by atoms with Crippen LogP contribution in [0, 0.1) is 0 Å². The molecule has 0 saturated carbocycles. The highest BCUT2D eigenvalue weighted by molar-refractivity contribution is 7.99. The average molecular weight is 235 g/mol. The van der Waals surface area contributed by atoms with E-state index in [4.69, 9.17) is 16.7 Å². The van der Waals surface area contributed by atoms with Crippen LogP contribution in [0.5, 0.6) is 0 Å². The van der Waals surface area contributed by atoms with Gasteiger partial charge in [-0.3, -0.25) is 0 Å². The van der Waals surface area contributed by atoms with E-state index in [0.717, 1.165) is 6.54 Å². The van der Waals surface area contributed by atoms with Gasteiger partial charge in [0.25, 0.3) is 0 Å². The fourth-order valence-corrected chi connectivity index (χ4v) is 1.56. The highest BCUT2D eigenvalue weighted by Crippen LogP contribution is 2.15. The number of hydrogen-bond donors (Lipinski definition) is 2. The summed E-state index contributed by atoms with van der Waals surface area (Å²) in [5, 5.41) is 12.3. The molecule has 1 aromatic heterocycles. The summed E-state index contributed by atoms with van der Waals surface area (Å²) >= 11 is 7.02. The van der Waals surface area contributed by atoms with Crippen molar-refractivity contribution in [3.63, 3.8) is 0 Å². The molecule has 0 aromatic carbocycles. The molecule has 0 aliphatic carbocycles. The number of hydrogen-bond acceptors (Lipinski definition) is 6. The number of aliphatic hydroxyl groups is 1. The van der Waals surface area contributed by atoms with Crippen molar-refractivity contribution in [1.82, 2.24) is 15.0 Å². The molecule has 0 amide bonds. The predicted octanol–water partition coefficient (Wildman–Crippen LogP) is 1.04. The van der Waals surface area contributed by atoms with Crippen molar-refractivity contribution in [2.75, 3.05) is 24.2 Å². The minimum atomic E-state index is 0.0878. The number of thioether (sulfide) groups is 1. The van der Waals surface area contributed by atoms with Crippen molar-refractivity contribution >= 4 is 29.3 Å². The fourth-order valence-electron chi connectivity index (χ4n) is 0.771. The quantitative estimate of drug-likeness (QED) is 0.742. The van der Waals surface area contributed by atoms with E-state index in [2.05, 4.69) is 20.3 Å². The zero-order valence-corrected chi connectivity index (χ0v) is 9.27. The molecule has 0 atom stereocenters. The number of nitrogens with zero attached hydrogens (tertiary/aromatic N) is 3. The van der Waals surface area contributed by atoms with Crippen LogP contribution in [-0.4, -0.2) is 39.0 Å². The lowest BCUT2D eigenvalue weighted by molar-refractivity contribution is 0.322. The number of anilines is 1. The van der Waals surface area contributed by atoms with Crippen LogP contribution in [0.2, 0.25) is 5.28 Å². The van der Waals surface area contributed by atoms with Crippen LogP contribution in [0.15, 0.2) is 5.16 Å². The maximum Gasteiger partial charge on any atom is 0.228 e. The molecule has 0 spiro atoms. The molecule has 0 fully saturated rings. The van der Waals surface area contributed by atoms with Gasteiger partial charge in [-0.15, -0.1) is 0 Å². The first-order valence-electron chi connectivity index (χ1n) is 4.15. The molecule has 0 saturated heterocycles. The molecular formula is C7H11ClN4OS. The Balaban J connectivity index is 2.73. The van der Waals surface area contributed by atoms with E-state index in [9.17, 15) is 0 Å². The lowest BCUT2D eigenvalue weighted by atomic mass is 10.7. The Hall–Kier alpha value is -0.590. The second-order valence-electron chi connectivity index (χ2n) is 2.31. The van der Waals surface area contributed by atoms with E-state index < -0.39 is 0 Å². The van der Waals surface area contributed by atoms with Crippen molar-refractivity contribution in [2.45, 2.75) is 12.1 Å². The number of aromatic nitrogens is 3. The summed E-state index contributed by atoms with van der Waals surface area (Å²) in [7, 11) is 0. The van der Waals surface area contributed by atoms with Gasteiger partial charge in [0.2, 0.25) is 11.2 Å². The van der Waals surface area contributed by atoms with Gasteiger partial charge in [0.1, 0.15) is 0 Å². The van der Waals surface area contributed by atoms with Crippen LogP contribution >= 0.6 is 23.4 Å². The van der Waals surface area contributed by atoms with Crippen LogP contribution in [-0.2, 0) is 0 Å². The molecule has 0 bridgehead atoms. The maximum atomic E-state index is 8.63. The molecule has 1 rings (SSSR count). The highest BCUT2D eigenvalue weighted by Gasteiger charge is 2.03. The van der Waals surface area contributed by atoms with E-state index in [1.54, 1.807) is 0 Å². The fraction of sp³-hybridized carbons (Fsp3) is 0.571. The molecular weight excluding hydrogens is 224 g/mol. The van der Waals surface area contributed by atoms with Crippen LogP contribution in [0.25, 0.3) is 0 Å². The van der Waals surface area contributed by atoms with Gasteiger partial charge < -0.3 is 10.4 Å². The summed E-state index contributed by atoms with van der Waals surface area (Å²) in [4.78, 5) is 11.9. The van der Waals surface area contributed by atoms with Gasteiger partial charge >= 0.3 is 0 Å². The zero-order chi connectivity index (χ0) is 10.4. The SMILES string of the molecule is CCNc1nc(Cl)nc(SCCO)n1. The largest absolute Gasteiger partial charge is 0.396 e. The molecule has 78 valence electrons. The van der Waals surface area contributed by atoms with Crippen LogP contribution < -0.4 is 5.32 Å². The summed E-state index contributed by atoms with van der Waals surface area (Å²) in [5.74, 6) is 1.01. The monoisotopic (exact) mass is 234 g/mol. The molecule has 1 aromatic rings. The summed E-state index contributed by atoms with van der Waals surface area (Å²) in [6, 6.07) is 0. The van der Waals surface area contributed by atoms with Crippen molar-refractivity contribution in [3.8, 4) is 0 Å². The Morgan fingerprint density at radius 1 is 1.43 bits per heavy atom. The molecule has 2 N–H and O–H groups in total. The summed E-state index contributed by atoms with van der Waals surface area (Å²) in [6.07, 6.45) is 0. The smallest absolute Gasteiger partial charge is 0.228 e. The van der Waals surface area contributed by atoms with E-state index in [1.807, 2.05) is 6.92 Å². The summed E-state index contributed by atoms with van der Waals surface area (Å²) in [5.41, 5.74) is 0. The normalized spacial score (nSPS) is 10.2. The number of nitrogens with one attached hydrogen (secondary N) is 1. The highest BCUT2D eigenvalue weighted by atomic mass is 35.5. The van der Waals surface area contributed by atoms with Crippen LogP contribution in [0.3, 0.4) is 0 Å². The van der Waals surface area contributed by atoms with Gasteiger partial charge in [-0.05, 0) is 18.5 Å². The van der Waals surface area contributed by atoms with Crippen molar-refractivity contribution in [2.24, 2.45) is 0 Å². The predicted molar refractivity (Wildman–Crippen MR) is 56.8 cm³/mol. The standard InChI is InChI=1S/C7H11ClN4OS/c1-2-9-6-10-5(8)11-7(12-6)14-4-3-13/h13H,2-4H2,1H3,(H,9,10,11,12). The first kappa shape index (κ1) is 11.5. The second kappa shape index (κ2) is 6.00. The Bertz CT molecular complexity index is 299. The first-order chi connectivity index (χ1) is 6.76. The van der Waals surface area contributed by atoms with Crippen LogP contribution in [0.4, 0.5) is 5.95 Å². The molecule has 7 heteroatoms.